The standard InChI is InChI=1S/C24H27FN2O3S/c1-24(2,3)23(28)26-13-6-14-27-31(29,30)22-16-19-8-5-4-7-18(19)15-21(22)17-9-11-20(25)12-10-17/h4-5,7-12,15-16,27H,6,13-14H2,1-3H3,(H,26,28). The van der Waals surface area contributed by atoms with Crippen LogP contribution in [0.3, 0.4) is 0 Å². The predicted octanol–water partition coefficient (Wildman–Crippen LogP) is 4.48. The molecule has 3 aromatic rings. The molecule has 0 aliphatic rings. The van der Waals surface area contributed by atoms with Crippen molar-refractivity contribution >= 4 is 26.7 Å². The van der Waals surface area contributed by atoms with Gasteiger partial charge in [-0.15, -0.1) is 0 Å². The minimum atomic E-state index is -3.83. The second-order valence-corrected chi connectivity index (χ2v) is 10.2. The molecule has 164 valence electrons. The summed E-state index contributed by atoms with van der Waals surface area (Å²) in [7, 11) is -3.83. The molecule has 0 aliphatic carbocycles. The van der Waals surface area contributed by atoms with E-state index in [4.69, 9.17) is 0 Å². The summed E-state index contributed by atoms with van der Waals surface area (Å²) < 4.78 is 42.3. The van der Waals surface area contributed by atoms with Crippen molar-refractivity contribution in [2.45, 2.75) is 32.1 Å². The van der Waals surface area contributed by atoms with E-state index >= 15 is 0 Å². The first kappa shape index (κ1) is 22.9. The van der Waals surface area contributed by atoms with Crippen molar-refractivity contribution in [3.8, 4) is 11.1 Å². The molecule has 5 nitrogen and oxygen atoms in total. The highest BCUT2D eigenvalue weighted by Gasteiger charge is 2.22. The van der Waals surface area contributed by atoms with Gasteiger partial charge < -0.3 is 5.32 Å². The van der Waals surface area contributed by atoms with Crippen molar-refractivity contribution in [2.24, 2.45) is 5.41 Å². The fraction of sp³-hybridized carbons (Fsp3) is 0.292. The van der Waals surface area contributed by atoms with Crippen LogP contribution in [0.15, 0.2) is 65.6 Å². The van der Waals surface area contributed by atoms with Gasteiger partial charge in [0.25, 0.3) is 0 Å². The van der Waals surface area contributed by atoms with Crippen molar-refractivity contribution in [2.75, 3.05) is 13.1 Å². The number of halogens is 1. The highest BCUT2D eigenvalue weighted by molar-refractivity contribution is 7.89. The molecular weight excluding hydrogens is 415 g/mol. The smallest absolute Gasteiger partial charge is 0.241 e. The zero-order valence-corrected chi connectivity index (χ0v) is 18.7. The summed E-state index contributed by atoms with van der Waals surface area (Å²) in [5.41, 5.74) is 0.631. The maximum Gasteiger partial charge on any atom is 0.241 e. The zero-order chi connectivity index (χ0) is 22.6. The first-order chi connectivity index (χ1) is 14.6. The van der Waals surface area contributed by atoms with Crippen LogP contribution in [0.25, 0.3) is 21.9 Å². The molecule has 0 atom stereocenters. The number of carbonyl (C=O) groups excluding carboxylic acids is 1. The van der Waals surface area contributed by atoms with Gasteiger partial charge in [-0.3, -0.25) is 4.79 Å². The van der Waals surface area contributed by atoms with Gasteiger partial charge in [-0.05, 0) is 47.0 Å². The van der Waals surface area contributed by atoms with Crippen LogP contribution in [0, 0.1) is 11.2 Å². The lowest BCUT2D eigenvalue weighted by Crippen LogP contribution is -2.36. The molecule has 0 saturated heterocycles. The van der Waals surface area contributed by atoms with E-state index in [9.17, 15) is 17.6 Å². The molecule has 31 heavy (non-hydrogen) atoms. The third-order valence-corrected chi connectivity index (χ3v) is 6.41. The maximum absolute atomic E-state index is 13.4. The number of amides is 1. The SMILES string of the molecule is CC(C)(C)C(=O)NCCCNS(=O)(=O)c1cc2ccccc2cc1-c1ccc(F)cc1. The van der Waals surface area contributed by atoms with Gasteiger partial charge in [-0.25, -0.2) is 17.5 Å². The van der Waals surface area contributed by atoms with E-state index in [1.54, 1.807) is 24.3 Å². The Balaban J connectivity index is 1.83. The topological polar surface area (TPSA) is 75.3 Å². The highest BCUT2D eigenvalue weighted by atomic mass is 32.2. The molecule has 7 heteroatoms. The van der Waals surface area contributed by atoms with E-state index in [1.807, 2.05) is 45.0 Å². The molecule has 0 radical (unpaired) electrons. The second kappa shape index (κ2) is 9.16. The number of benzene rings is 3. The van der Waals surface area contributed by atoms with Crippen LogP contribution in [-0.2, 0) is 14.8 Å². The molecule has 0 saturated carbocycles. The van der Waals surface area contributed by atoms with Crippen molar-refractivity contribution < 1.29 is 17.6 Å². The second-order valence-electron chi connectivity index (χ2n) is 8.46. The molecule has 0 heterocycles. The molecule has 1 amide bonds. The van der Waals surface area contributed by atoms with E-state index in [-0.39, 0.29) is 23.2 Å². The first-order valence-electron chi connectivity index (χ1n) is 10.1. The van der Waals surface area contributed by atoms with E-state index in [2.05, 4.69) is 10.0 Å². The Kier molecular flexibility index (Phi) is 6.77. The minimum Gasteiger partial charge on any atom is -0.356 e. The van der Waals surface area contributed by atoms with Crippen molar-refractivity contribution in [1.29, 1.82) is 0 Å². The number of carbonyl (C=O) groups is 1. The van der Waals surface area contributed by atoms with Crippen LogP contribution >= 0.6 is 0 Å². The minimum absolute atomic E-state index is 0.0801. The third-order valence-electron chi connectivity index (χ3n) is 4.91. The van der Waals surface area contributed by atoms with Gasteiger partial charge in [0.15, 0.2) is 0 Å². The van der Waals surface area contributed by atoms with Gasteiger partial charge >= 0.3 is 0 Å². The maximum atomic E-state index is 13.4. The molecule has 0 aromatic heterocycles. The zero-order valence-electron chi connectivity index (χ0n) is 17.9. The molecule has 0 fully saturated rings. The van der Waals surface area contributed by atoms with Crippen LogP contribution in [0.4, 0.5) is 4.39 Å². The average molecular weight is 443 g/mol. The molecule has 3 aromatic carbocycles. The molecule has 3 rings (SSSR count). The first-order valence-corrected chi connectivity index (χ1v) is 11.6. The fourth-order valence-electron chi connectivity index (χ4n) is 3.14. The fourth-order valence-corrected chi connectivity index (χ4v) is 4.45. The lowest BCUT2D eigenvalue weighted by atomic mass is 9.96. The summed E-state index contributed by atoms with van der Waals surface area (Å²) in [6.45, 7) is 6.02. The largest absolute Gasteiger partial charge is 0.356 e. The predicted molar refractivity (Wildman–Crippen MR) is 122 cm³/mol. The normalized spacial score (nSPS) is 12.1. The van der Waals surface area contributed by atoms with Crippen LogP contribution in [0.2, 0.25) is 0 Å². The number of nitrogens with one attached hydrogen (secondary N) is 2. The molecule has 0 bridgehead atoms. The summed E-state index contributed by atoms with van der Waals surface area (Å²) in [6.07, 6.45) is 0.459. The number of sulfonamides is 1. The number of hydrogen-bond acceptors (Lipinski definition) is 3. The lowest BCUT2D eigenvalue weighted by molar-refractivity contribution is -0.128. The van der Waals surface area contributed by atoms with Crippen LogP contribution < -0.4 is 10.0 Å². The number of fused-ring (bicyclic) bond motifs is 1. The third kappa shape index (κ3) is 5.68. The summed E-state index contributed by atoms with van der Waals surface area (Å²) in [5.74, 6) is -0.465. The van der Waals surface area contributed by atoms with E-state index < -0.39 is 15.4 Å². The average Bonchev–Trinajstić information content (AvgIpc) is 2.72. The molecular formula is C24H27FN2O3S. The quantitative estimate of drug-likeness (QED) is 0.530. The Labute approximate surface area is 182 Å². The Morgan fingerprint density at radius 2 is 1.55 bits per heavy atom. The highest BCUT2D eigenvalue weighted by Crippen LogP contribution is 2.32. The summed E-state index contributed by atoms with van der Waals surface area (Å²) in [5, 5.41) is 4.50. The van der Waals surface area contributed by atoms with Crippen LogP contribution in [0.5, 0.6) is 0 Å². The van der Waals surface area contributed by atoms with Crippen molar-refractivity contribution in [1.82, 2.24) is 10.0 Å². The van der Waals surface area contributed by atoms with Crippen molar-refractivity contribution in [3.63, 3.8) is 0 Å². The number of hydrogen-bond donors (Lipinski definition) is 2. The van der Waals surface area contributed by atoms with Gasteiger partial charge in [-0.2, -0.15) is 0 Å². The van der Waals surface area contributed by atoms with Gasteiger partial charge in [0, 0.05) is 24.1 Å². The molecule has 0 spiro atoms. The van der Waals surface area contributed by atoms with Crippen molar-refractivity contribution in [3.05, 3.63) is 66.5 Å². The summed E-state index contributed by atoms with van der Waals surface area (Å²) >= 11 is 0. The Morgan fingerprint density at radius 3 is 2.16 bits per heavy atom. The Morgan fingerprint density at radius 1 is 0.935 bits per heavy atom. The van der Waals surface area contributed by atoms with Gasteiger partial charge in [0.05, 0.1) is 4.90 Å². The van der Waals surface area contributed by atoms with Gasteiger partial charge in [0.1, 0.15) is 5.82 Å². The van der Waals surface area contributed by atoms with Crippen LogP contribution in [-0.4, -0.2) is 27.4 Å². The van der Waals surface area contributed by atoms with E-state index in [1.165, 1.54) is 12.1 Å². The van der Waals surface area contributed by atoms with E-state index in [0.717, 1.165) is 10.8 Å². The Bertz CT molecular complexity index is 1180. The van der Waals surface area contributed by atoms with E-state index in [0.29, 0.717) is 24.1 Å². The number of rotatable bonds is 7. The summed E-state index contributed by atoms with van der Waals surface area (Å²) in [6, 6.07) is 16.7. The molecule has 2 N–H and O–H groups in total. The molecule has 0 aliphatic heterocycles. The molecule has 0 unspecified atom stereocenters. The summed E-state index contributed by atoms with van der Waals surface area (Å²) in [4.78, 5) is 12.1. The van der Waals surface area contributed by atoms with Crippen LogP contribution in [0.1, 0.15) is 27.2 Å². The Hall–Kier alpha value is -2.77. The lowest BCUT2D eigenvalue weighted by Gasteiger charge is -2.17. The van der Waals surface area contributed by atoms with Gasteiger partial charge in [-0.1, -0.05) is 57.2 Å². The monoisotopic (exact) mass is 442 g/mol. The van der Waals surface area contributed by atoms with Gasteiger partial charge in [0.2, 0.25) is 15.9 Å².